The van der Waals surface area contributed by atoms with E-state index in [1.165, 1.54) is 0 Å². The highest BCUT2D eigenvalue weighted by atomic mass is 31.2. The number of phosphoric acid groups is 1. The Morgan fingerprint density at radius 1 is 0.636 bits per heavy atom. The van der Waals surface area contributed by atoms with Crippen LogP contribution in [-0.4, -0.2) is 65.7 Å². The Morgan fingerprint density at radius 2 is 1.07 bits per heavy atom. The predicted molar refractivity (Wildman–Crippen MR) is 173 cm³/mol. The molecule has 3 atom stereocenters. The van der Waals surface area contributed by atoms with Crippen LogP contribution in [0.1, 0.15) is 97.3 Å². The van der Waals surface area contributed by atoms with Crippen molar-refractivity contribution in [2.45, 2.75) is 110 Å². The molecule has 0 saturated heterocycles. The second-order valence-electron chi connectivity index (χ2n) is 10.1. The summed E-state index contributed by atoms with van der Waals surface area (Å²) in [7, 11) is -4.63. The fourth-order valence-corrected chi connectivity index (χ4v) is 4.34. The molecule has 0 aromatic heterocycles. The van der Waals surface area contributed by atoms with Gasteiger partial charge < -0.3 is 24.6 Å². The molecule has 0 saturated carbocycles. The van der Waals surface area contributed by atoms with Gasteiger partial charge in [-0.15, -0.1) is 0 Å². The molecule has 0 aliphatic rings. The van der Waals surface area contributed by atoms with Crippen molar-refractivity contribution in [3.63, 3.8) is 0 Å². The predicted octanol–water partition coefficient (Wildman–Crippen LogP) is 6.82. The van der Waals surface area contributed by atoms with Gasteiger partial charge >= 0.3 is 19.8 Å². The van der Waals surface area contributed by atoms with E-state index >= 15 is 0 Å². The molecule has 0 aromatic carbocycles. The van der Waals surface area contributed by atoms with Gasteiger partial charge in [0.2, 0.25) is 0 Å². The van der Waals surface area contributed by atoms with Gasteiger partial charge in [-0.1, -0.05) is 93.9 Å². The van der Waals surface area contributed by atoms with Crippen molar-refractivity contribution >= 4 is 19.8 Å². The number of carbonyl (C=O) groups excluding carboxylic acids is 2. The van der Waals surface area contributed by atoms with Crippen LogP contribution in [0.4, 0.5) is 0 Å². The van der Waals surface area contributed by atoms with E-state index in [9.17, 15) is 29.3 Å². The van der Waals surface area contributed by atoms with Gasteiger partial charge in [-0.25, -0.2) is 4.57 Å². The molecule has 11 heteroatoms. The fraction of sp³-hybridized carbons (Fsp3) is 0.636. The van der Waals surface area contributed by atoms with Crippen LogP contribution in [-0.2, 0) is 32.7 Å². The highest BCUT2D eigenvalue weighted by Gasteiger charge is 2.27. The van der Waals surface area contributed by atoms with Crippen molar-refractivity contribution < 1.29 is 47.8 Å². The highest BCUT2D eigenvalue weighted by Crippen LogP contribution is 2.43. The first-order valence-electron chi connectivity index (χ1n) is 15.7. The van der Waals surface area contributed by atoms with Gasteiger partial charge in [0.25, 0.3) is 0 Å². The number of hydrogen-bond acceptors (Lipinski definition) is 9. The van der Waals surface area contributed by atoms with E-state index in [0.29, 0.717) is 19.3 Å². The topological polar surface area (TPSA) is 149 Å². The second-order valence-corrected chi connectivity index (χ2v) is 11.5. The van der Waals surface area contributed by atoms with Crippen LogP contribution in [0.5, 0.6) is 0 Å². The molecule has 0 aliphatic carbocycles. The number of allylic oxidation sites excluding steroid dienone is 10. The second kappa shape index (κ2) is 29.4. The molecule has 0 spiro atoms. The number of unbranched alkanes of at least 4 members (excludes halogenated alkanes) is 4. The van der Waals surface area contributed by atoms with Crippen molar-refractivity contribution in [1.29, 1.82) is 0 Å². The first kappa shape index (κ1) is 41.7. The summed E-state index contributed by atoms with van der Waals surface area (Å²) in [4.78, 5) is 33.8. The van der Waals surface area contributed by atoms with Crippen LogP contribution in [0.15, 0.2) is 60.8 Å². The molecule has 10 nitrogen and oxygen atoms in total. The minimum absolute atomic E-state index is 0.111. The molecule has 44 heavy (non-hydrogen) atoms. The molecule has 252 valence electrons. The summed E-state index contributed by atoms with van der Waals surface area (Å²) >= 11 is 0. The summed E-state index contributed by atoms with van der Waals surface area (Å²) in [5, 5.41) is 18.8. The molecule has 0 aliphatic heterocycles. The van der Waals surface area contributed by atoms with Crippen LogP contribution in [0, 0.1) is 0 Å². The molecule has 3 N–H and O–H groups in total. The first-order valence-corrected chi connectivity index (χ1v) is 17.2. The molecule has 0 heterocycles. The Bertz CT molecular complexity index is 926. The van der Waals surface area contributed by atoms with E-state index in [1.807, 2.05) is 12.2 Å². The summed E-state index contributed by atoms with van der Waals surface area (Å²) in [6.07, 6.45) is 28.6. The maximum Gasteiger partial charge on any atom is 0.472 e. The fourth-order valence-electron chi connectivity index (χ4n) is 3.56. The average Bonchev–Trinajstić information content (AvgIpc) is 3.01. The quantitative estimate of drug-likeness (QED) is 0.0359. The minimum Gasteiger partial charge on any atom is -0.457 e. The first-order chi connectivity index (χ1) is 21.3. The largest absolute Gasteiger partial charge is 0.472 e. The Morgan fingerprint density at radius 3 is 1.50 bits per heavy atom. The third-order valence-electron chi connectivity index (χ3n) is 5.99. The third kappa shape index (κ3) is 27.2. The molecular weight excluding hydrogens is 587 g/mol. The monoisotopic (exact) mass is 642 g/mol. The standard InChI is InChI=1S/C33H55O10P/c1-3-5-7-9-10-11-12-13-14-15-16-17-18-19-20-21-23-25-33(37)43-31(27-35)29-41-44(38,39)40-28-30(26-34)42-32(36)24-22-8-6-4-2/h5,7,10-11,13-14,16-17,19-20,30-31,34-35H,3-4,6,8-9,12,15,18,21-29H2,1-2H3,(H,38,39)/b7-5-,11-10-,14-13-,17-16-,20-19-. The van der Waals surface area contributed by atoms with E-state index in [2.05, 4.69) is 62.5 Å². The molecule has 0 fully saturated rings. The summed E-state index contributed by atoms with van der Waals surface area (Å²) in [5.41, 5.74) is 0. The molecule has 0 bridgehead atoms. The van der Waals surface area contributed by atoms with Crippen LogP contribution >= 0.6 is 7.82 Å². The van der Waals surface area contributed by atoms with Crippen LogP contribution in [0.3, 0.4) is 0 Å². The average molecular weight is 643 g/mol. The van der Waals surface area contributed by atoms with Gasteiger partial charge in [-0.05, 0) is 51.4 Å². The van der Waals surface area contributed by atoms with Crippen molar-refractivity contribution in [2.75, 3.05) is 26.4 Å². The van der Waals surface area contributed by atoms with Gasteiger partial charge in [-0.3, -0.25) is 18.6 Å². The number of esters is 2. The minimum atomic E-state index is -4.63. The maximum atomic E-state index is 12.2. The normalized spacial score (nSPS) is 15.1. The summed E-state index contributed by atoms with van der Waals surface area (Å²) in [5.74, 6) is -1.11. The van der Waals surface area contributed by atoms with Gasteiger partial charge in [0.05, 0.1) is 26.4 Å². The van der Waals surface area contributed by atoms with Crippen molar-refractivity contribution in [1.82, 2.24) is 0 Å². The maximum absolute atomic E-state index is 12.2. The lowest BCUT2D eigenvalue weighted by Crippen LogP contribution is -2.28. The van der Waals surface area contributed by atoms with Gasteiger partial charge in [0.15, 0.2) is 0 Å². The molecule has 0 radical (unpaired) electrons. The zero-order valence-corrected chi connectivity index (χ0v) is 27.5. The third-order valence-corrected chi connectivity index (χ3v) is 6.95. The SMILES string of the molecule is CC/C=C\C/C=C\C/C=C\C/C=C\C/C=C\CCCC(=O)OC(CO)COP(=O)(O)OCC(CO)OC(=O)CCCCCC. The molecular formula is C33H55O10P. The lowest BCUT2D eigenvalue weighted by molar-refractivity contribution is -0.153. The van der Waals surface area contributed by atoms with E-state index in [0.717, 1.165) is 51.4 Å². The Balaban J connectivity index is 4.12. The number of aliphatic hydroxyl groups is 2. The summed E-state index contributed by atoms with van der Waals surface area (Å²) in [6.45, 7) is 1.82. The van der Waals surface area contributed by atoms with Crippen molar-refractivity contribution in [3.8, 4) is 0 Å². The van der Waals surface area contributed by atoms with Gasteiger partial charge in [0, 0.05) is 12.8 Å². The number of ether oxygens (including phenoxy) is 2. The Labute approximate surface area is 264 Å². The van der Waals surface area contributed by atoms with Crippen LogP contribution in [0.25, 0.3) is 0 Å². The van der Waals surface area contributed by atoms with Crippen LogP contribution in [0.2, 0.25) is 0 Å². The number of rotatable bonds is 28. The number of hydrogen-bond donors (Lipinski definition) is 3. The summed E-state index contributed by atoms with van der Waals surface area (Å²) < 4.78 is 32.0. The number of phosphoric ester groups is 1. The van der Waals surface area contributed by atoms with E-state index in [1.54, 1.807) is 0 Å². The zero-order chi connectivity index (χ0) is 32.7. The smallest absolute Gasteiger partial charge is 0.457 e. The zero-order valence-electron chi connectivity index (χ0n) is 26.6. The van der Waals surface area contributed by atoms with Crippen molar-refractivity contribution in [2.24, 2.45) is 0 Å². The van der Waals surface area contributed by atoms with E-state index in [4.69, 9.17) is 18.5 Å². The molecule has 0 aromatic rings. The van der Waals surface area contributed by atoms with Crippen molar-refractivity contribution in [3.05, 3.63) is 60.8 Å². The lowest BCUT2D eigenvalue weighted by atomic mass is 10.1. The number of aliphatic hydroxyl groups excluding tert-OH is 2. The summed E-state index contributed by atoms with van der Waals surface area (Å²) in [6, 6.07) is 0. The molecule has 3 unspecified atom stereocenters. The van der Waals surface area contributed by atoms with Gasteiger partial charge in [-0.2, -0.15) is 0 Å². The number of carbonyl (C=O) groups is 2. The Kier molecular flexibility index (Phi) is 27.8. The van der Waals surface area contributed by atoms with Gasteiger partial charge in [0.1, 0.15) is 12.2 Å². The van der Waals surface area contributed by atoms with E-state index < -0.39 is 58.4 Å². The molecule has 0 rings (SSSR count). The van der Waals surface area contributed by atoms with E-state index in [-0.39, 0.29) is 12.8 Å². The highest BCUT2D eigenvalue weighted by molar-refractivity contribution is 7.47. The Hall–Kier alpha value is -2.33. The molecule has 0 amide bonds. The van der Waals surface area contributed by atoms with Crippen LogP contribution < -0.4 is 0 Å². The lowest BCUT2D eigenvalue weighted by Gasteiger charge is -2.20.